The van der Waals surface area contributed by atoms with Crippen molar-refractivity contribution in [1.82, 2.24) is 9.97 Å². The third-order valence-corrected chi connectivity index (χ3v) is 5.26. The van der Waals surface area contributed by atoms with Crippen LogP contribution in [0.25, 0.3) is 10.6 Å². The fourth-order valence-corrected chi connectivity index (χ4v) is 3.88. The number of thiazole rings is 1. The molecule has 0 bridgehead atoms. The quantitative estimate of drug-likeness (QED) is 0.409. The molecule has 0 aliphatic heterocycles. The van der Waals surface area contributed by atoms with E-state index in [2.05, 4.69) is 9.97 Å². The highest BCUT2D eigenvalue weighted by Gasteiger charge is 2.15. The average Bonchev–Trinajstić information content (AvgIpc) is 3.39. The third-order valence-electron chi connectivity index (χ3n) is 3.64. The van der Waals surface area contributed by atoms with Gasteiger partial charge in [0, 0.05) is 22.5 Å². The summed E-state index contributed by atoms with van der Waals surface area (Å²) in [5.41, 5.74) is 2.16. The molecule has 0 amide bonds. The number of para-hydroxylation sites is 1. The SMILES string of the molecule is O=C(OCc1csc(-c2ccsc2)n1)c1ccccc1Oc1cccnc1. The molecule has 4 rings (SSSR count). The summed E-state index contributed by atoms with van der Waals surface area (Å²) in [5, 5.41) is 6.87. The van der Waals surface area contributed by atoms with Gasteiger partial charge in [-0.05, 0) is 35.7 Å². The van der Waals surface area contributed by atoms with Gasteiger partial charge in [0.05, 0.1) is 11.9 Å². The largest absolute Gasteiger partial charge is 0.455 e. The number of ether oxygens (including phenoxy) is 2. The highest BCUT2D eigenvalue weighted by Crippen LogP contribution is 2.27. The number of pyridine rings is 1. The average molecular weight is 394 g/mol. The number of hydrogen-bond acceptors (Lipinski definition) is 7. The Labute approximate surface area is 163 Å². The van der Waals surface area contributed by atoms with Crippen molar-refractivity contribution in [3.05, 3.63) is 82.3 Å². The Morgan fingerprint density at radius 1 is 1.07 bits per heavy atom. The van der Waals surface area contributed by atoms with Crippen LogP contribution in [0.15, 0.2) is 71.0 Å². The van der Waals surface area contributed by atoms with Crippen molar-refractivity contribution in [2.24, 2.45) is 0 Å². The Kier molecular flexibility index (Phi) is 5.22. The van der Waals surface area contributed by atoms with Crippen LogP contribution < -0.4 is 4.74 Å². The Hall–Kier alpha value is -3.03. The lowest BCUT2D eigenvalue weighted by Crippen LogP contribution is -2.07. The van der Waals surface area contributed by atoms with Crippen LogP contribution in [0.1, 0.15) is 16.1 Å². The number of carbonyl (C=O) groups excluding carboxylic acids is 1. The first kappa shape index (κ1) is 17.4. The van der Waals surface area contributed by atoms with Gasteiger partial charge in [0.25, 0.3) is 0 Å². The van der Waals surface area contributed by atoms with Crippen LogP contribution in [0.3, 0.4) is 0 Å². The Morgan fingerprint density at radius 2 is 2.00 bits per heavy atom. The molecule has 0 spiro atoms. The van der Waals surface area contributed by atoms with Gasteiger partial charge in [-0.3, -0.25) is 4.98 Å². The summed E-state index contributed by atoms with van der Waals surface area (Å²) >= 11 is 3.16. The van der Waals surface area contributed by atoms with Gasteiger partial charge in [0.2, 0.25) is 0 Å². The molecule has 0 fully saturated rings. The number of rotatable bonds is 6. The lowest BCUT2D eigenvalue weighted by Gasteiger charge is -2.10. The van der Waals surface area contributed by atoms with Crippen LogP contribution in [0.4, 0.5) is 0 Å². The van der Waals surface area contributed by atoms with Crippen LogP contribution in [0.2, 0.25) is 0 Å². The first-order valence-electron chi connectivity index (χ1n) is 8.10. The molecule has 0 radical (unpaired) electrons. The molecule has 3 aromatic heterocycles. The summed E-state index contributed by atoms with van der Waals surface area (Å²) in [6.07, 6.45) is 3.24. The lowest BCUT2D eigenvalue weighted by molar-refractivity contribution is 0.0465. The predicted octanol–water partition coefficient (Wildman–Crippen LogP) is 5.42. The maximum Gasteiger partial charge on any atom is 0.342 e. The van der Waals surface area contributed by atoms with Crippen molar-refractivity contribution in [3.63, 3.8) is 0 Å². The van der Waals surface area contributed by atoms with Gasteiger partial charge in [-0.1, -0.05) is 12.1 Å². The molecule has 4 aromatic rings. The minimum atomic E-state index is -0.459. The van der Waals surface area contributed by atoms with Crippen molar-refractivity contribution in [2.45, 2.75) is 6.61 Å². The van der Waals surface area contributed by atoms with E-state index in [1.54, 1.807) is 60.1 Å². The molecule has 7 heteroatoms. The van der Waals surface area contributed by atoms with Crippen molar-refractivity contribution >= 4 is 28.6 Å². The van der Waals surface area contributed by atoms with Crippen LogP contribution >= 0.6 is 22.7 Å². The predicted molar refractivity (Wildman–Crippen MR) is 105 cm³/mol. The van der Waals surface area contributed by atoms with Gasteiger partial charge in [0.1, 0.15) is 28.7 Å². The molecule has 0 atom stereocenters. The van der Waals surface area contributed by atoms with E-state index in [1.165, 1.54) is 11.3 Å². The van der Waals surface area contributed by atoms with E-state index in [0.29, 0.717) is 17.1 Å². The van der Waals surface area contributed by atoms with Crippen LogP contribution in [-0.4, -0.2) is 15.9 Å². The number of carbonyl (C=O) groups is 1. The smallest absolute Gasteiger partial charge is 0.342 e. The molecule has 0 saturated carbocycles. The number of benzene rings is 1. The number of aromatic nitrogens is 2. The molecule has 0 aliphatic rings. The zero-order chi connectivity index (χ0) is 18.5. The van der Waals surface area contributed by atoms with E-state index >= 15 is 0 Å². The van der Waals surface area contributed by atoms with E-state index in [4.69, 9.17) is 9.47 Å². The second-order valence-electron chi connectivity index (χ2n) is 5.52. The minimum Gasteiger partial charge on any atom is -0.455 e. The Morgan fingerprint density at radius 3 is 2.81 bits per heavy atom. The molecular weight excluding hydrogens is 380 g/mol. The molecular formula is C20H14N2O3S2. The molecule has 27 heavy (non-hydrogen) atoms. The zero-order valence-corrected chi connectivity index (χ0v) is 15.7. The summed E-state index contributed by atoms with van der Waals surface area (Å²) in [6.45, 7) is 0.112. The third kappa shape index (κ3) is 4.21. The molecule has 3 heterocycles. The van der Waals surface area contributed by atoms with E-state index in [1.807, 2.05) is 22.2 Å². The first-order chi connectivity index (χ1) is 13.3. The van der Waals surface area contributed by atoms with Crippen molar-refractivity contribution in [3.8, 4) is 22.1 Å². The van der Waals surface area contributed by atoms with Gasteiger partial charge >= 0.3 is 5.97 Å². The van der Waals surface area contributed by atoms with Gasteiger partial charge in [-0.15, -0.1) is 11.3 Å². The molecule has 0 unspecified atom stereocenters. The summed E-state index contributed by atoms with van der Waals surface area (Å²) in [4.78, 5) is 21.0. The monoisotopic (exact) mass is 394 g/mol. The topological polar surface area (TPSA) is 61.3 Å². The standard InChI is InChI=1S/C20H14N2O3S2/c23-20(24-11-15-13-27-19(22-15)14-7-9-26-12-14)17-5-1-2-6-18(17)25-16-4-3-8-21-10-16/h1-10,12-13H,11H2. The summed E-state index contributed by atoms with van der Waals surface area (Å²) in [5.74, 6) is 0.518. The number of esters is 1. The van der Waals surface area contributed by atoms with Crippen molar-refractivity contribution in [2.75, 3.05) is 0 Å². The normalized spacial score (nSPS) is 10.5. The maximum atomic E-state index is 12.5. The molecule has 0 aliphatic carbocycles. The lowest BCUT2D eigenvalue weighted by atomic mass is 10.2. The number of nitrogens with zero attached hydrogens (tertiary/aromatic N) is 2. The van der Waals surface area contributed by atoms with Crippen LogP contribution in [0.5, 0.6) is 11.5 Å². The van der Waals surface area contributed by atoms with Gasteiger partial charge in [-0.2, -0.15) is 11.3 Å². The molecule has 5 nitrogen and oxygen atoms in total. The highest BCUT2D eigenvalue weighted by molar-refractivity contribution is 7.14. The van der Waals surface area contributed by atoms with Crippen LogP contribution in [0, 0.1) is 0 Å². The van der Waals surface area contributed by atoms with E-state index in [9.17, 15) is 4.79 Å². The second kappa shape index (κ2) is 8.11. The van der Waals surface area contributed by atoms with Crippen molar-refractivity contribution in [1.29, 1.82) is 0 Å². The molecule has 134 valence electrons. The van der Waals surface area contributed by atoms with E-state index in [0.717, 1.165) is 16.3 Å². The van der Waals surface area contributed by atoms with Gasteiger partial charge in [-0.25, -0.2) is 9.78 Å². The van der Waals surface area contributed by atoms with E-state index in [-0.39, 0.29) is 6.61 Å². The Bertz CT molecular complexity index is 1030. The highest BCUT2D eigenvalue weighted by atomic mass is 32.1. The van der Waals surface area contributed by atoms with Gasteiger partial charge < -0.3 is 9.47 Å². The molecule has 1 aromatic carbocycles. The zero-order valence-electron chi connectivity index (χ0n) is 14.1. The minimum absolute atomic E-state index is 0.112. The number of hydrogen-bond donors (Lipinski definition) is 0. The second-order valence-corrected chi connectivity index (χ2v) is 7.16. The van der Waals surface area contributed by atoms with Crippen molar-refractivity contribution < 1.29 is 14.3 Å². The van der Waals surface area contributed by atoms with Gasteiger partial charge in [0.15, 0.2) is 0 Å². The maximum absolute atomic E-state index is 12.5. The molecule has 0 saturated heterocycles. The number of thiophene rings is 1. The summed E-state index contributed by atoms with van der Waals surface area (Å²) in [6, 6.07) is 12.5. The van der Waals surface area contributed by atoms with E-state index < -0.39 is 5.97 Å². The summed E-state index contributed by atoms with van der Waals surface area (Å²) in [7, 11) is 0. The first-order valence-corrected chi connectivity index (χ1v) is 9.93. The molecule has 0 N–H and O–H groups in total. The van der Waals surface area contributed by atoms with Crippen LogP contribution in [-0.2, 0) is 11.3 Å². The fourth-order valence-electron chi connectivity index (χ4n) is 2.37. The Balaban J connectivity index is 1.44. The summed E-state index contributed by atoms with van der Waals surface area (Å²) < 4.78 is 11.2. The fraction of sp³-hybridized carbons (Fsp3) is 0.0500.